The van der Waals surface area contributed by atoms with Gasteiger partial charge in [-0.3, -0.25) is 0 Å². The first-order valence-corrected chi connectivity index (χ1v) is 6.36. The second kappa shape index (κ2) is 4.90. The molecule has 0 aromatic carbocycles. The predicted octanol–water partition coefficient (Wildman–Crippen LogP) is 1.69. The van der Waals surface area contributed by atoms with Crippen molar-refractivity contribution in [3.63, 3.8) is 0 Å². The van der Waals surface area contributed by atoms with Crippen molar-refractivity contribution < 1.29 is 8.85 Å². The van der Waals surface area contributed by atoms with E-state index in [1.807, 2.05) is 13.8 Å². The van der Waals surface area contributed by atoms with Crippen molar-refractivity contribution in [2.45, 2.75) is 32.7 Å². The Morgan fingerprint density at radius 1 is 1.18 bits per heavy atom. The van der Waals surface area contributed by atoms with E-state index in [0.717, 1.165) is 19.1 Å². The summed E-state index contributed by atoms with van der Waals surface area (Å²) < 4.78 is 11.1. The zero-order valence-corrected chi connectivity index (χ0v) is 8.66. The quantitative estimate of drug-likeness (QED) is 0.571. The molecule has 0 saturated heterocycles. The van der Waals surface area contributed by atoms with E-state index in [4.69, 9.17) is 8.85 Å². The Hall–Kier alpha value is 0.137. The smallest absolute Gasteiger partial charge is 0.321 e. The summed E-state index contributed by atoms with van der Waals surface area (Å²) in [6.07, 6.45) is 2.81. The fourth-order valence-corrected chi connectivity index (χ4v) is 3.31. The van der Waals surface area contributed by atoms with E-state index in [-0.39, 0.29) is 0 Å². The molecule has 0 radical (unpaired) electrons. The van der Waals surface area contributed by atoms with Crippen molar-refractivity contribution in [2.24, 2.45) is 5.92 Å². The molecule has 1 saturated carbocycles. The topological polar surface area (TPSA) is 18.5 Å². The maximum absolute atomic E-state index is 5.55. The largest absolute Gasteiger partial charge is 0.397 e. The van der Waals surface area contributed by atoms with Gasteiger partial charge in [-0.05, 0) is 25.8 Å². The van der Waals surface area contributed by atoms with Crippen LogP contribution in [-0.2, 0) is 8.85 Å². The molecule has 0 atom stereocenters. The molecule has 1 aliphatic carbocycles. The van der Waals surface area contributed by atoms with Gasteiger partial charge in [-0.15, -0.1) is 0 Å². The summed E-state index contributed by atoms with van der Waals surface area (Å²) in [6, 6.07) is 1.24. The monoisotopic (exact) mass is 174 g/mol. The van der Waals surface area contributed by atoms with Gasteiger partial charge in [0.15, 0.2) is 0 Å². The second-order valence-electron chi connectivity index (χ2n) is 3.02. The zero-order valence-electron chi connectivity index (χ0n) is 7.51. The Labute approximate surface area is 70.7 Å². The van der Waals surface area contributed by atoms with Crippen LogP contribution >= 0.6 is 0 Å². The molecular formula is C8H18O2Si. The molecule has 0 N–H and O–H groups in total. The van der Waals surface area contributed by atoms with Crippen LogP contribution in [0.25, 0.3) is 0 Å². The molecule has 1 aliphatic rings. The normalized spacial score (nSPS) is 17.7. The van der Waals surface area contributed by atoms with E-state index in [1.54, 1.807) is 0 Å². The molecule has 66 valence electrons. The van der Waals surface area contributed by atoms with Crippen molar-refractivity contribution in [3.05, 3.63) is 0 Å². The first-order valence-electron chi connectivity index (χ1n) is 4.60. The summed E-state index contributed by atoms with van der Waals surface area (Å²) in [6.45, 7) is 5.74. The van der Waals surface area contributed by atoms with Gasteiger partial charge in [0.2, 0.25) is 0 Å². The van der Waals surface area contributed by atoms with E-state index < -0.39 is 9.28 Å². The van der Waals surface area contributed by atoms with E-state index in [9.17, 15) is 0 Å². The maximum atomic E-state index is 5.55. The van der Waals surface area contributed by atoms with Crippen LogP contribution in [0.2, 0.25) is 6.04 Å². The van der Waals surface area contributed by atoms with Gasteiger partial charge in [0.1, 0.15) is 0 Å². The first kappa shape index (κ1) is 9.23. The van der Waals surface area contributed by atoms with Gasteiger partial charge in [-0.1, -0.05) is 12.8 Å². The van der Waals surface area contributed by atoms with E-state index in [2.05, 4.69) is 0 Å². The fraction of sp³-hybridized carbons (Fsp3) is 1.00. The van der Waals surface area contributed by atoms with Crippen LogP contribution in [0.1, 0.15) is 26.7 Å². The molecular weight excluding hydrogens is 156 g/mol. The third-order valence-electron chi connectivity index (χ3n) is 1.93. The Kier molecular flexibility index (Phi) is 4.11. The Morgan fingerprint density at radius 2 is 1.73 bits per heavy atom. The average molecular weight is 174 g/mol. The summed E-state index contributed by atoms with van der Waals surface area (Å²) in [5.41, 5.74) is 0. The van der Waals surface area contributed by atoms with E-state index in [0.29, 0.717) is 0 Å². The average Bonchev–Trinajstić information content (AvgIpc) is 2.73. The van der Waals surface area contributed by atoms with Crippen LogP contribution in [0, 0.1) is 5.92 Å². The molecule has 3 heteroatoms. The number of hydrogen-bond acceptors (Lipinski definition) is 2. The highest BCUT2D eigenvalue weighted by Gasteiger charge is 2.27. The van der Waals surface area contributed by atoms with Crippen LogP contribution in [0.15, 0.2) is 0 Å². The van der Waals surface area contributed by atoms with Crippen molar-refractivity contribution in [1.29, 1.82) is 0 Å². The predicted molar refractivity (Wildman–Crippen MR) is 47.9 cm³/mol. The zero-order chi connectivity index (χ0) is 8.10. The van der Waals surface area contributed by atoms with Gasteiger partial charge in [-0.25, -0.2) is 0 Å². The van der Waals surface area contributed by atoms with Crippen molar-refractivity contribution in [3.8, 4) is 0 Å². The lowest BCUT2D eigenvalue weighted by Gasteiger charge is -2.13. The second-order valence-corrected chi connectivity index (χ2v) is 5.02. The summed E-state index contributed by atoms with van der Waals surface area (Å²) in [4.78, 5) is 0. The molecule has 0 bridgehead atoms. The molecule has 0 aliphatic heterocycles. The highest BCUT2D eigenvalue weighted by molar-refractivity contribution is 6.44. The minimum absolute atomic E-state index is 0.823. The van der Waals surface area contributed by atoms with Gasteiger partial charge in [0.05, 0.1) is 0 Å². The lowest BCUT2D eigenvalue weighted by molar-refractivity contribution is 0.212. The fourth-order valence-electron chi connectivity index (χ4n) is 1.18. The van der Waals surface area contributed by atoms with Crippen LogP contribution < -0.4 is 0 Å². The van der Waals surface area contributed by atoms with Gasteiger partial charge in [0.25, 0.3) is 0 Å². The highest BCUT2D eigenvalue weighted by Crippen LogP contribution is 2.34. The molecule has 0 heterocycles. The maximum Gasteiger partial charge on any atom is 0.321 e. The Balaban J connectivity index is 2.08. The van der Waals surface area contributed by atoms with Gasteiger partial charge < -0.3 is 8.85 Å². The molecule has 0 amide bonds. The Bertz CT molecular complexity index is 98.3. The minimum atomic E-state index is -1.23. The van der Waals surface area contributed by atoms with E-state index in [1.165, 1.54) is 18.9 Å². The summed E-state index contributed by atoms with van der Waals surface area (Å²) >= 11 is 0. The van der Waals surface area contributed by atoms with Gasteiger partial charge in [-0.2, -0.15) is 0 Å². The highest BCUT2D eigenvalue weighted by atomic mass is 28.3. The summed E-state index contributed by atoms with van der Waals surface area (Å²) in [5.74, 6) is 0.949. The van der Waals surface area contributed by atoms with Crippen molar-refractivity contribution >= 4 is 9.28 Å². The van der Waals surface area contributed by atoms with Crippen molar-refractivity contribution in [2.75, 3.05) is 13.2 Å². The number of hydrogen-bond donors (Lipinski definition) is 0. The molecule has 11 heavy (non-hydrogen) atoms. The van der Waals surface area contributed by atoms with E-state index >= 15 is 0 Å². The minimum Gasteiger partial charge on any atom is -0.397 e. The van der Waals surface area contributed by atoms with Gasteiger partial charge >= 0.3 is 9.28 Å². The van der Waals surface area contributed by atoms with Crippen LogP contribution in [-0.4, -0.2) is 22.5 Å². The summed E-state index contributed by atoms with van der Waals surface area (Å²) in [7, 11) is -1.23. The number of rotatable bonds is 6. The molecule has 0 aromatic rings. The third kappa shape index (κ3) is 3.89. The summed E-state index contributed by atoms with van der Waals surface area (Å²) in [5, 5.41) is 0. The van der Waals surface area contributed by atoms with Crippen LogP contribution in [0.5, 0.6) is 0 Å². The molecule has 2 nitrogen and oxygen atoms in total. The van der Waals surface area contributed by atoms with Crippen molar-refractivity contribution in [1.82, 2.24) is 0 Å². The first-order chi connectivity index (χ1) is 5.36. The molecule has 1 fully saturated rings. The Morgan fingerprint density at radius 3 is 2.09 bits per heavy atom. The van der Waals surface area contributed by atoms with Gasteiger partial charge in [0, 0.05) is 13.2 Å². The molecule has 0 aromatic heterocycles. The standard InChI is InChI=1S/C8H18O2Si/c1-3-9-11(10-4-2)7-8-5-6-8/h8,11H,3-7H2,1-2H3. The third-order valence-corrected chi connectivity index (χ3v) is 4.39. The lowest BCUT2D eigenvalue weighted by Crippen LogP contribution is -2.23. The van der Waals surface area contributed by atoms with Crippen LogP contribution in [0.3, 0.4) is 0 Å². The van der Waals surface area contributed by atoms with Crippen LogP contribution in [0.4, 0.5) is 0 Å². The molecule has 0 unspecified atom stereocenters. The molecule has 0 spiro atoms. The molecule has 1 rings (SSSR count). The SMILES string of the molecule is CCO[SiH](CC1CC1)OCC. The lowest BCUT2D eigenvalue weighted by atomic mass is 10.5.